The molecule has 0 saturated carbocycles. The van der Waals surface area contributed by atoms with Gasteiger partial charge in [0.1, 0.15) is 30.0 Å². The van der Waals surface area contributed by atoms with Gasteiger partial charge in [-0.25, -0.2) is 4.79 Å². The van der Waals surface area contributed by atoms with E-state index in [0.29, 0.717) is 18.5 Å². The zero-order valence-corrected chi connectivity index (χ0v) is 21.6. The van der Waals surface area contributed by atoms with E-state index < -0.39 is 54.5 Å². The van der Waals surface area contributed by atoms with Gasteiger partial charge in [0, 0.05) is 12.1 Å². The van der Waals surface area contributed by atoms with Crippen molar-refractivity contribution < 1.29 is 29.0 Å². The predicted octanol–water partition coefficient (Wildman–Crippen LogP) is 2.17. The van der Waals surface area contributed by atoms with E-state index in [2.05, 4.69) is 10.6 Å². The van der Waals surface area contributed by atoms with Crippen LogP contribution in [0.15, 0.2) is 18.2 Å². The molecule has 4 amide bonds. The number of unbranched alkanes of at least 4 members (excludes halogenated alkanes) is 2. The lowest BCUT2D eigenvalue weighted by Crippen LogP contribution is -2.54. The molecule has 11 nitrogen and oxygen atoms in total. The number of nitrogens with two attached hydrogens (primary N) is 1. The first-order valence-electron chi connectivity index (χ1n) is 11.8. The number of nitrogens with zero attached hydrogens (tertiary/aromatic N) is 2. The van der Waals surface area contributed by atoms with Crippen molar-refractivity contribution in [3.05, 3.63) is 29.3 Å². The number of aryl methyl sites for hydroxylation is 1. The fourth-order valence-electron chi connectivity index (χ4n) is 3.46. The number of hydrogen-bond donors (Lipinski definition) is 4. The molecule has 0 aliphatic rings. The Morgan fingerprint density at radius 1 is 1.22 bits per heavy atom. The summed E-state index contributed by atoms with van der Waals surface area (Å²) >= 11 is 0. The molecule has 11 heteroatoms. The SMILES string of the molecule is CCCCCNC(=O)C(c1cccc(C)c1O)N(CC#N)C(=O)C(CC(N)=O)NC(=O)OC(C)(C)C. The molecule has 0 saturated heterocycles. The Kier molecular flexibility index (Phi) is 11.7. The van der Waals surface area contributed by atoms with E-state index in [1.807, 2.05) is 13.0 Å². The van der Waals surface area contributed by atoms with Gasteiger partial charge >= 0.3 is 6.09 Å². The standard InChI is InChI=1S/C25H37N5O6/c1-6-7-8-13-28-22(33)20(17-11-9-10-16(2)21(17)32)30(14-12-26)23(34)18(15-19(27)31)29-24(35)36-25(3,4)5/h9-11,18,20,32H,6-8,13-15H2,1-5H3,(H2,27,31)(H,28,33)(H,29,35). The Labute approximate surface area is 212 Å². The second kappa shape index (κ2) is 13.9. The largest absolute Gasteiger partial charge is 0.507 e. The van der Waals surface area contributed by atoms with Crippen LogP contribution in [0.1, 0.15) is 70.5 Å². The Morgan fingerprint density at radius 2 is 1.89 bits per heavy atom. The number of phenols is 1. The van der Waals surface area contributed by atoms with E-state index in [-0.39, 0.29) is 11.3 Å². The van der Waals surface area contributed by atoms with Crippen molar-refractivity contribution in [1.29, 1.82) is 5.26 Å². The molecule has 0 radical (unpaired) electrons. The van der Waals surface area contributed by atoms with E-state index >= 15 is 0 Å². The zero-order valence-electron chi connectivity index (χ0n) is 21.6. The highest BCUT2D eigenvalue weighted by Crippen LogP contribution is 2.32. The first kappa shape index (κ1) is 30.2. The molecule has 0 aromatic heterocycles. The monoisotopic (exact) mass is 503 g/mol. The lowest BCUT2D eigenvalue weighted by atomic mass is 9.99. The van der Waals surface area contributed by atoms with Crippen molar-refractivity contribution in [2.45, 2.75) is 78.0 Å². The van der Waals surface area contributed by atoms with Crippen LogP contribution >= 0.6 is 0 Å². The molecule has 2 atom stereocenters. The predicted molar refractivity (Wildman–Crippen MR) is 132 cm³/mol. The fourth-order valence-corrected chi connectivity index (χ4v) is 3.46. The summed E-state index contributed by atoms with van der Waals surface area (Å²) in [6, 6.07) is 3.64. The van der Waals surface area contributed by atoms with Crippen LogP contribution in [0.5, 0.6) is 5.75 Å². The molecule has 0 fully saturated rings. The minimum atomic E-state index is -1.51. The molecular weight excluding hydrogens is 466 g/mol. The van der Waals surface area contributed by atoms with Crippen LogP contribution in [0.2, 0.25) is 0 Å². The zero-order chi connectivity index (χ0) is 27.5. The highest BCUT2D eigenvalue weighted by atomic mass is 16.6. The molecule has 0 aliphatic heterocycles. The molecule has 1 aromatic carbocycles. The van der Waals surface area contributed by atoms with E-state index in [0.717, 1.165) is 17.7 Å². The quantitative estimate of drug-likeness (QED) is 0.250. The third-order valence-electron chi connectivity index (χ3n) is 5.12. The lowest BCUT2D eigenvalue weighted by molar-refractivity contribution is -0.142. The topological polar surface area (TPSA) is 175 Å². The van der Waals surface area contributed by atoms with Gasteiger partial charge in [0.05, 0.1) is 12.5 Å². The number of benzene rings is 1. The first-order chi connectivity index (χ1) is 16.8. The number of phenolic OH excluding ortho intramolecular Hbond substituents is 1. The molecule has 198 valence electrons. The van der Waals surface area contributed by atoms with Gasteiger partial charge in [-0.3, -0.25) is 14.4 Å². The summed E-state index contributed by atoms with van der Waals surface area (Å²) in [5, 5.41) is 25.3. The van der Waals surface area contributed by atoms with Gasteiger partial charge in [-0.05, 0) is 39.7 Å². The number of aromatic hydroxyl groups is 1. The molecule has 1 rings (SSSR count). The summed E-state index contributed by atoms with van der Waals surface area (Å²) < 4.78 is 5.19. The normalized spacial score (nSPS) is 12.6. The first-order valence-corrected chi connectivity index (χ1v) is 11.8. The highest BCUT2D eigenvalue weighted by molar-refractivity contribution is 5.95. The number of carbonyl (C=O) groups is 4. The summed E-state index contributed by atoms with van der Waals surface area (Å²) in [5.74, 6) is -2.63. The van der Waals surface area contributed by atoms with Gasteiger partial charge in [0.25, 0.3) is 0 Å². The molecule has 0 aliphatic carbocycles. The van der Waals surface area contributed by atoms with Crippen LogP contribution < -0.4 is 16.4 Å². The number of amides is 4. The van der Waals surface area contributed by atoms with E-state index in [1.54, 1.807) is 39.8 Å². The van der Waals surface area contributed by atoms with Gasteiger partial charge in [-0.1, -0.05) is 38.0 Å². The van der Waals surface area contributed by atoms with Crippen molar-refractivity contribution in [3.8, 4) is 11.8 Å². The summed E-state index contributed by atoms with van der Waals surface area (Å²) in [6.45, 7) is 8.27. The van der Waals surface area contributed by atoms with E-state index in [1.165, 1.54) is 6.07 Å². The molecule has 36 heavy (non-hydrogen) atoms. The van der Waals surface area contributed by atoms with Crippen molar-refractivity contribution in [2.24, 2.45) is 5.73 Å². The summed E-state index contributed by atoms with van der Waals surface area (Å²) in [7, 11) is 0. The third kappa shape index (κ3) is 9.44. The minimum Gasteiger partial charge on any atom is -0.507 e. The number of para-hydroxylation sites is 1. The average Bonchev–Trinajstić information content (AvgIpc) is 2.76. The molecule has 0 bridgehead atoms. The highest BCUT2D eigenvalue weighted by Gasteiger charge is 2.38. The summed E-state index contributed by atoms with van der Waals surface area (Å²) in [4.78, 5) is 51.9. The van der Waals surface area contributed by atoms with Crippen LogP contribution in [0.4, 0.5) is 4.79 Å². The van der Waals surface area contributed by atoms with Crippen LogP contribution in [-0.2, 0) is 19.1 Å². The van der Waals surface area contributed by atoms with Crippen LogP contribution in [0, 0.1) is 18.3 Å². The molecule has 2 unspecified atom stereocenters. The number of hydrogen-bond acceptors (Lipinski definition) is 7. The Morgan fingerprint density at radius 3 is 2.44 bits per heavy atom. The number of alkyl carbamates (subject to hydrolysis) is 1. The number of ether oxygens (including phenoxy) is 1. The smallest absolute Gasteiger partial charge is 0.408 e. The van der Waals surface area contributed by atoms with E-state index in [4.69, 9.17) is 10.5 Å². The second-order valence-electron chi connectivity index (χ2n) is 9.41. The van der Waals surface area contributed by atoms with Crippen LogP contribution in [-0.4, -0.2) is 58.6 Å². The minimum absolute atomic E-state index is 0.0988. The molecule has 0 spiro atoms. The number of primary amides is 1. The maximum atomic E-state index is 13.6. The second-order valence-corrected chi connectivity index (χ2v) is 9.41. The van der Waals surface area contributed by atoms with Gasteiger partial charge in [0.15, 0.2) is 0 Å². The summed E-state index contributed by atoms with van der Waals surface area (Å²) in [6.07, 6.45) is 0.943. The van der Waals surface area contributed by atoms with Gasteiger partial charge < -0.3 is 31.1 Å². The fraction of sp³-hybridized carbons (Fsp3) is 0.560. The number of carbonyl (C=O) groups excluding carboxylic acids is 4. The van der Waals surface area contributed by atoms with Crippen molar-refractivity contribution in [1.82, 2.24) is 15.5 Å². The van der Waals surface area contributed by atoms with E-state index in [9.17, 15) is 29.5 Å². The Balaban J connectivity index is 3.46. The van der Waals surface area contributed by atoms with Crippen molar-refractivity contribution in [2.75, 3.05) is 13.1 Å². The molecule has 1 aromatic rings. The number of nitriles is 1. The van der Waals surface area contributed by atoms with Crippen molar-refractivity contribution in [3.63, 3.8) is 0 Å². The van der Waals surface area contributed by atoms with Gasteiger partial charge in [-0.15, -0.1) is 0 Å². The van der Waals surface area contributed by atoms with Gasteiger partial charge in [-0.2, -0.15) is 5.26 Å². The molecule has 5 N–H and O–H groups in total. The Hall–Kier alpha value is -3.81. The average molecular weight is 504 g/mol. The van der Waals surface area contributed by atoms with Crippen LogP contribution in [0.25, 0.3) is 0 Å². The molecular formula is C25H37N5O6. The maximum Gasteiger partial charge on any atom is 0.408 e. The van der Waals surface area contributed by atoms with Crippen LogP contribution in [0.3, 0.4) is 0 Å². The lowest BCUT2D eigenvalue weighted by Gasteiger charge is -2.33. The third-order valence-corrected chi connectivity index (χ3v) is 5.12. The number of nitrogens with one attached hydrogen (secondary N) is 2. The number of rotatable bonds is 12. The van der Waals surface area contributed by atoms with Crippen molar-refractivity contribution >= 4 is 23.8 Å². The molecule has 0 heterocycles. The van der Waals surface area contributed by atoms with Gasteiger partial charge in [0.2, 0.25) is 17.7 Å². The summed E-state index contributed by atoms with van der Waals surface area (Å²) in [5.41, 5.74) is 4.98. The Bertz CT molecular complexity index is 982. The maximum absolute atomic E-state index is 13.6.